The zero-order chi connectivity index (χ0) is 16.0. The van der Waals surface area contributed by atoms with Crippen molar-refractivity contribution in [2.75, 3.05) is 12.3 Å². The van der Waals surface area contributed by atoms with E-state index in [0.29, 0.717) is 0 Å². The van der Waals surface area contributed by atoms with Crippen LogP contribution in [0.2, 0.25) is 0 Å². The average Bonchev–Trinajstić information content (AvgIpc) is 2.36. The van der Waals surface area contributed by atoms with Crippen LogP contribution in [0.3, 0.4) is 0 Å². The van der Waals surface area contributed by atoms with Crippen molar-refractivity contribution in [2.45, 2.75) is 37.7 Å². The third kappa shape index (κ3) is 6.64. The topological polar surface area (TPSA) is 86.6 Å². The zero-order valence-corrected chi connectivity index (χ0v) is 13.3. The number of amides is 1. The lowest BCUT2D eigenvalue weighted by molar-refractivity contribution is -0.142. The highest BCUT2D eigenvalue weighted by Gasteiger charge is 2.24. The highest BCUT2D eigenvalue weighted by Crippen LogP contribution is 2.23. The molecule has 0 heterocycles. The Kier molecular flexibility index (Phi) is 6.23. The Bertz CT molecular complexity index is 528. The minimum atomic E-state index is -1.44. The SMILES string of the molecule is Cc1ccc(C)c(SCC(=O)NCC(C)(O)CC(=O)O)c1. The van der Waals surface area contributed by atoms with Gasteiger partial charge in [0.2, 0.25) is 5.91 Å². The number of carbonyl (C=O) groups excluding carboxylic acids is 1. The van der Waals surface area contributed by atoms with Crippen LogP contribution >= 0.6 is 11.8 Å². The molecule has 1 amide bonds. The number of benzene rings is 1. The van der Waals surface area contributed by atoms with Gasteiger partial charge >= 0.3 is 5.97 Å². The van der Waals surface area contributed by atoms with Crippen LogP contribution in [-0.2, 0) is 9.59 Å². The van der Waals surface area contributed by atoms with Crippen molar-refractivity contribution in [1.29, 1.82) is 0 Å². The van der Waals surface area contributed by atoms with Crippen LogP contribution in [0, 0.1) is 13.8 Å². The second kappa shape index (κ2) is 7.47. The van der Waals surface area contributed by atoms with Gasteiger partial charge in [0.25, 0.3) is 0 Å². The Morgan fingerprint density at radius 1 is 1.33 bits per heavy atom. The molecule has 3 N–H and O–H groups in total. The molecule has 5 nitrogen and oxygen atoms in total. The minimum Gasteiger partial charge on any atom is -0.481 e. The van der Waals surface area contributed by atoms with E-state index in [2.05, 4.69) is 5.32 Å². The van der Waals surface area contributed by atoms with Gasteiger partial charge in [-0.25, -0.2) is 0 Å². The van der Waals surface area contributed by atoms with Crippen molar-refractivity contribution in [3.63, 3.8) is 0 Å². The van der Waals surface area contributed by atoms with Crippen LogP contribution < -0.4 is 5.32 Å². The summed E-state index contributed by atoms with van der Waals surface area (Å²) in [7, 11) is 0. The van der Waals surface area contributed by atoms with Gasteiger partial charge in [0, 0.05) is 11.4 Å². The van der Waals surface area contributed by atoms with Crippen molar-refractivity contribution < 1.29 is 19.8 Å². The van der Waals surface area contributed by atoms with Gasteiger partial charge in [-0.2, -0.15) is 0 Å². The van der Waals surface area contributed by atoms with Crippen LogP contribution in [0.25, 0.3) is 0 Å². The summed E-state index contributed by atoms with van der Waals surface area (Å²) < 4.78 is 0. The fraction of sp³-hybridized carbons (Fsp3) is 0.467. The summed E-state index contributed by atoms with van der Waals surface area (Å²) in [5.74, 6) is -1.10. The molecule has 1 atom stereocenters. The lowest BCUT2D eigenvalue weighted by Crippen LogP contribution is -2.42. The Labute approximate surface area is 128 Å². The fourth-order valence-electron chi connectivity index (χ4n) is 1.73. The van der Waals surface area contributed by atoms with Gasteiger partial charge in [-0.1, -0.05) is 17.7 Å². The molecular weight excluding hydrogens is 290 g/mol. The third-order valence-corrected chi connectivity index (χ3v) is 4.06. The molecule has 116 valence electrons. The summed E-state index contributed by atoms with van der Waals surface area (Å²) >= 11 is 1.42. The maximum Gasteiger partial charge on any atom is 0.306 e. The maximum absolute atomic E-state index is 11.8. The molecule has 0 saturated carbocycles. The number of hydrogen-bond donors (Lipinski definition) is 3. The van der Waals surface area contributed by atoms with Crippen LogP contribution in [-0.4, -0.2) is 40.0 Å². The van der Waals surface area contributed by atoms with Crippen molar-refractivity contribution in [2.24, 2.45) is 0 Å². The molecule has 0 aliphatic rings. The van der Waals surface area contributed by atoms with Crippen LogP contribution in [0.15, 0.2) is 23.1 Å². The summed E-state index contributed by atoms with van der Waals surface area (Å²) in [5, 5.41) is 21.0. The van der Waals surface area contributed by atoms with E-state index in [4.69, 9.17) is 5.11 Å². The van der Waals surface area contributed by atoms with E-state index in [9.17, 15) is 14.7 Å². The molecule has 6 heteroatoms. The smallest absolute Gasteiger partial charge is 0.306 e. The Morgan fingerprint density at radius 3 is 2.62 bits per heavy atom. The lowest BCUT2D eigenvalue weighted by atomic mass is 10.0. The number of rotatable bonds is 7. The van der Waals surface area contributed by atoms with Crippen LogP contribution in [0.5, 0.6) is 0 Å². The first-order valence-electron chi connectivity index (χ1n) is 6.60. The molecule has 0 fully saturated rings. The molecule has 21 heavy (non-hydrogen) atoms. The van der Waals surface area contributed by atoms with Gasteiger partial charge in [-0.15, -0.1) is 11.8 Å². The standard InChI is InChI=1S/C15H21NO4S/c1-10-4-5-11(2)12(6-10)21-8-13(17)16-9-15(3,20)7-14(18)19/h4-6,20H,7-9H2,1-3H3,(H,16,17)(H,18,19). The molecule has 0 radical (unpaired) electrons. The number of nitrogens with one attached hydrogen (secondary N) is 1. The minimum absolute atomic E-state index is 0.0779. The summed E-state index contributed by atoms with van der Waals surface area (Å²) in [5.41, 5.74) is 0.801. The first-order valence-corrected chi connectivity index (χ1v) is 7.59. The van der Waals surface area contributed by atoms with Crippen LogP contribution in [0.1, 0.15) is 24.5 Å². The van der Waals surface area contributed by atoms with E-state index in [1.807, 2.05) is 32.0 Å². The number of carboxylic acids is 1. The van der Waals surface area contributed by atoms with Crippen molar-refractivity contribution >= 4 is 23.6 Å². The van der Waals surface area contributed by atoms with E-state index in [1.165, 1.54) is 18.7 Å². The second-order valence-electron chi connectivity index (χ2n) is 5.40. The van der Waals surface area contributed by atoms with Gasteiger partial charge in [-0.3, -0.25) is 9.59 Å². The zero-order valence-electron chi connectivity index (χ0n) is 12.5. The molecule has 1 aromatic rings. The largest absolute Gasteiger partial charge is 0.481 e. The van der Waals surface area contributed by atoms with E-state index >= 15 is 0 Å². The predicted molar refractivity (Wildman–Crippen MR) is 82.5 cm³/mol. The van der Waals surface area contributed by atoms with Crippen molar-refractivity contribution in [1.82, 2.24) is 5.32 Å². The first-order chi connectivity index (χ1) is 9.69. The second-order valence-corrected chi connectivity index (χ2v) is 6.42. The molecule has 0 bridgehead atoms. The summed E-state index contributed by atoms with van der Waals surface area (Å²) in [4.78, 5) is 23.4. The number of thioether (sulfide) groups is 1. The van der Waals surface area contributed by atoms with Crippen molar-refractivity contribution in [3.05, 3.63) is 29.3 Å². The predicted octanol–water partition coefficient (Wildman–Crippen LogP) is 1.74. The van der Waals surface area contributed by atoms with E-state index in [0.717, 1.165) is 16.0 Å². The van der Waals surface area contributed by atoms with Gasteiger partial charge < -0.3 is 15.5 Å². The summed E-state index contributed by atoms with van der Waals surface area (Å²) in [6, 6.07) is 6.05. The molecule has 0 aromatic heterocycles. The lowest BCUT2D eigenvalue weighted by Gasteiger charge is -2.21. The Morgan fingerprint density at radius 2 is 2.00 bits per heavy atom. The number of hydrogen-bond acceptors (Lipinski definition) is 4. The highest BCUT2D eigenvalue weighted by atomic mass is 32.2. The van der Waals surface area contributed by atoms with Gasteiger partial charge in [0.05, 0.1) is 17.8 Å². The van der Waals surface area contributed by atoms with Crippen molar-refractivity contribution in [3.8, 4) is 0 Å². The fourth-order valence-corrected chi connectivity index (χ4v) is 2.69. The highest BCUT2D eigenvalue weighted by molar-refractivity contribution is 8.00. The maximum atomic E-state index is 11.8. The third-order valence-electron chi connectivity index (χ3n) is 2.90. The van der Waals surface area contributed by atoms with E-state index in [1.54, 1.807) is 0 Å². The van der Waals surface area contributed by atoms with E-state index < -0.39 is 18.0 Å². The monoisotopic (exact) mass is 311 g/mol. The van der Waals surface area contributed by atoms with Gasteiger partial charge in [-0.05, 0) is 32.4 Å². The molecule has 0 spiro atoms. The summed E-state index contributed by atoms with van der Waals surface area (Å²) in [6.45, 7) is 5.29. The van der Waals surface area contributed by atoms with Crippen LogP contribution in [0.4, 0.5) is 0 Å². The quantitative estimate of drug-likeness (QED) is 0.668. The molecule has 1 unspecified atom stereocenters. The normalized spacial score (nSPS) is 13.5. The van der Waals surface area contributed by atoms with Gasteiger partial charge in [0.15, 0.2) is 0 Å². The molecule has 1 aromatic carbocycles. The first kappa shape index (κ1) is 17.5. The number of carbonyl (C=O) groups is 2. The molecular formula is C15H21NO4S. The average molecular weight is 311 g/mol. The number of aryl methyl sites for hydroxylation is 2. The number of aliphatic carboxylic acids is 1. The number of carboxylic acid groups (broad SMARTS) is 1. The summed E-state index contributed by atoms with van der Waals surface area (Å²) in [6.07, 6.45) is -0.405. The molecule has 0 saturated heterocycles. The Balaban J connectivity index is 2.44. The molecule has 0 aliphatic carbocycles. The van der Waals surface area contributed by atoms with Gasteiger partial charge in [0.1, 0.15) is 0 Å². The molecule has 1 rings (SSSR count). The molecule has 0 aliphatic heterocycles. The van der Waals surface area contributed by atoms with E-state index in [-0.39, 0.29) is 18.2 Å². The number of aliphatic hydroxyl groups is 1. The Hall–Kier alpha value is -1.53.